The quantitative estimate of drug-likeness (QED) is 0.414. The van der Waals surface area contributed by atoms with Gasteiger partial charge in [-0.25, -0.2) is 8.42 Å². The van der Waals surface area contributed by atoms with Crippen LogP contribution in [0.1, 0.15) is 45.2 Å². The van der Waals surface area contributed by atoms with Gasteiger partial charge < -0.3 is 10.2 Å². The van der Waals surface area contributed by atoms with Crippen molar-refractivity contribution in [3.8, 4) is 0 Å². The molecule has 210 valence electrons. The van der Waals surface area contributed by atoms with E-state index in [-0.39, 0.29) is 18.0 Å². The molecule has 1 atom stereocenters. The van der Waals surface area contributed by atoms with Crippen LogP contribution in [0.5, 0.6) is 0 Å². The summed E-state index contributed by atoms with van der Waals surface area (Å²) in [6.07, 6.45) is -3.86. The van der Waals surface area contributed by atoms with Crippen LogP contribution in [0.15, 0.2) is 42.5 Å². The Morgan fingerprint density at radius 1 is 1.03 bits per heavy atom. The average Bonchev–Trinajstić information content (AvgIpc) is 2.76. The van der Waals surface area contributed by atoms with Crippen molar-refractivity contribution in [2.75, 3.05) is 17.1 Å². The Labute approximate surface area is 230 Å². The van der Waals surface area contributed by atoms with Gasteiger partial charge in [-0.15, -0.1) is 0 Å². The van der Waals surface area contributed by atoms with Gasteiger partial charge in [-0.05, 0) is 57.0 Å². The zero-order chi connectivity index (χ0) is 29.1. The number of amides is 2. The lowest BCUT2D eigenvalue weighted by Crippen LogP contribution is -2.55. The number of benzene rings is 2. The molecular formula is C25H30Cl2F3N3O4S. The highest BCUT2D eigenvalue weighted by atomic mass is 35.5. The van der Waals surface area contributed by atoms with Gasteiger partial charge in [-0.2, -0.15) is 13.2 Å². The molecule has 0 saturated carbocycles. The van der Waals surface area contributed by atoms with E-state index in [1.807, 2.05) is 0 Å². The molecule has 13 heteroatoms. The van der Waals surface area contributed by atoms with Gasteiger partial charge in [0.05, 0.1) is 22.5 Å². The van der Waals surface area contributed by atoms with Gasteiger partial charge in [0.25, 0.3) is 0 Å². The summed E-state index contributed by atoms with van der Waals surface area (Å²) in [5.74, 6) is -1.32. The maximum absolute atomic E-state index is 13.7. The van der Waals surface area contributed by atoms with Crippen LogP contribution in [-0.2, 0) is 32.3 Å². The SMILES string of the molecule is CC[C@@H](C(=O)NC(C)(C)C)N(Cc1ccccc1Cl)C(=O)CN(c1cc(C(F)(F)F)ccc1Cl)S(C)(=O)=O. The maximum Gasteiger partial charge on any atom is 0.416 e. The Morgan fingerprint density at radius 2 is 1.63 bits per heavy atom. The first-order valence-electron chi connectivity index (χ1n) is 11.5. The van der Waals surface area contributed by atoms with E-state index in [9.17, 15) is 31.2 Å². The van der Waals surface area contributed by atoms with E-state index >= 15 is 0 Å². The third-order valence-corrected chi connectivity index (χ3v) is 7.22. The lowest BCUT2D eigenvalue weighted by molar-refractivity contribution is -0.141. The minimum atomic E-state index is -4.78. The molecule has 0 fully saturated rings. The second-order valence-corrected chi connectivity index (χ2v) is 12.4. The molecule has 0 bridgehead atoms. The fourth-order valence-corrected chi connectivity index (χ4v) is 4.98. The highest BCUT2D eigenvalue weighted by Gasteiger charge is 2.36. The van der Waals surface area contributed by atoms with Crippen LogP contribution >= 0.6 is 23.2 Å². The molecule has 2 aromatic rings. The van der Waals surface area contributed by atoms with Crippen LogP contribution < -0.4 is 9.62 Å². The normalized spacial score (nSPS) is 13.1. The lowest BCUT2D eigenvalue weighted by atomic mass is 10.1. The number of carbonyl (C=O) groups excluding carboxylic acids is 2. The molecule has 0 aliphatic carbocycles. The lowest BCUT2D eigenvalue weighted by Gasteiger charge is -2.34. The van der Waals surface area contributed by atoms with Crippen molar-refractivity contribution in [3.63, 3.8) is 0 Å². The Kier molecular flexibility index (Phi) is 10.1. The standard InChI is InChI=1S/C25H30Cl2F3N3O4S/c1-6-20(23(35)31-24(2,3)4)32(14-16-9-7-8-10-18(16)26)22(34)15-33(38(5,36)37)21-13-17(25(28,29)30)11-12-19(21)27/h7-13,20H,6,14-15H2,1-5H3,(H,31,35)/t20-/m0/s1. The summed E-state index contributed by atoms with van der Waals surface area (Å²) in [6, 6.07) is 7.77. The molecule has 38 heavy (non-hydrogen) atoms. The first-order chi connectivity index (χ1) is 17.3. The number of hydrogen-bond acceptors (Lipinski definition) is 4. The third-order valence-electron chi connectivity index (χ3n) is 5.40. The van der Waals surface area contributed by atoms with E-state index in [0.717, 1.165) is 12.3 Å². The molecule has 0 aromatic heterocycles. The molecular weight excluding hydrogens is 566 g/mol. The number of halogens is 5. The molecule has 7 nitrogen and oxygen atoms in total. The summed E-state index contributed by atoms with van der Waals surface area (Å²) in [5, 5.41) is 2.83. The minimum absolute atomic E-state index is 0.150. The summed E-state index contributed by atoms with van der Waals surface area (Å²) in [4.78, 5) is 28.0. The van der Waals surface area contributed by atoms with Crippen LogP contribution in [0.2, 0.25) is 10.0 Å². The van der Waals surface area contributed by atoms with Crippen LogP contribution in [0.3, 0.4) is 0 Å². The van der Waals surface area contributed by atoms with E-state index < -0.39 is 57.4 Å². The molecule has 0 spiro atoms. The van der Waals surface area contributed by atoms with Gasteiger partial charge in [0.1, 0.15) is 12.6 Å². The monoisotopic (exact) mass is 595 g/mol. The molecule has 0 aliphatic heterocycles. The summed E-state index contributed by atoms with van der Waals surface area (Å²) >= 11 is 12.4. The zero-order valence-electron chi connectivity index (χ0n) is 21.6. The molecule has 0 heterocycles. The van der Waals surface area contributed by atoms with Gasteiger partial charge in [0, 0.05) is 17.1 Å². The second kappa shape index (κ2) is 12.1. The van der Waals surface area contributed by atoms with Crippen molar-refractivity contribution in [1.82, 2.24) is 10.2 Å². The fourth-order valence-electron chi connectivity index (χ4n) is 3.66. The highest BCUT2D eigenvalue weighted by Crippen LogP contribution is 2.36. The number of nitrogens with one attached hydrogen (secondary N) is 1. The van der Waals surface area contributed by atoms with Gasteiger partial charge in [-0.1, -0.05) is 48.3 Å². The zero-order valence-corrected chi connectivity index (χ0v) is 23.9. The number of hydrogen-bond donors (Lipinski definition) is 1. The Bertz CT molecular complexity index is 1280. The molecule has 0 radical (unpaired) electrons. The van der Waals surface area contributed by atoms with Crippen LogP contribution in [0.25, 0.3) is 0 Å². The molecule has 2 rings (SSSR count). The van der Waals surface area contributed by atoms with Crippen LogP contribution in [0.4, 0.5) is 18.9 Å². The van der Waals surface area contributed by atoms with Crippen molar-refractivity contribution in [2.24, 2.45) is 0 Å². The molecule has 0 aliphatic rings. The Morgan fingerprint density at radius 3 is 2.13 bits per heavy atom. The number of alkyl halides is 3. The maximum atomic E-state index is 13.7. The number of sulfonamides is 1. The molecule has 2 amide bonds. The van der Waals surface area contributed by atoms with Gasteiger partial charge in [0.15, 0.2) is 0 Å². The van der Waals surface area contributed by atoms with Gasteiger partial charge >= 0.3 is 6.18 Å². The van der Waals surface area contributed by atoms with E-state index in [0.29, 0.717) is 27.0 Å². The van der Waals surface area contributed by atoms with E-state index in [1.54, 1.807) is 52.0 Å². The average molecular weight is 596 g/mol. The van der Waals surface area contributed by atoms with Crippen molar-refractivity contribution in [2.45, 2.75) is 58.4 Å². The molecule has 2 aromatic carbocycles. The number of rotatable bonds is 9. The van der Waals surface area contributed by atoms with Crippen molar-refractivity contribution >= 4 is 50.7 Å². The molecule has 1 N–H and O–H groups in total. The summed E-state index contributed by atoms with van der Waals surface area (Å²) in [7, 11) is -4.29. The topological polar surface area (TPSA) is 86.8 Å². The predicted octanol–water partition coefficient (Wildman–Crippen LogP) is 5.50. The summed E-state index contributed by atoms with van der Waals surface area (Å²) < 4.78 is 66.0. The summed E-state index contributed by atoms with van der Waals surface area (Å²) in [5.41, 5.74) is -1.79. The molecule has 0 unspecified atom stereocenters. The minimum Gasteiger partial charge on any atom is -0.350 e. The first kappa shape index (κ1) is 31.7. The number of nitrogens with zero attached hydrogens (tertiary/aromatic N) is 2. The van der Waals surface area contributed by atoms with E-state index in [2.05, 4.69) is 5.32 Å². The van der Waals surface area contributed by atoms with Crippen LogP contribution in [0, 0.1) is 0 Å². The van der Waals surface area contributed by atoms with E-state index in [1.165, 1.54) is 4.90 Å². The number of anilines is 1. The first-order valence-corrected chi connectivity index (χ1v) is 14.1. The second-order valence-electron chi connectivity index (χ2n) is 9.71. The van der Waals surface area contributed by atoms with Crippen LogP contribution in [-0.4, -0.2) is 49.5 Å². The molecule has 0 saturated heterocycles. The Balaban J connectivity index is 2.58. The Hall–Kier alpha value is -2.50. The van der Waals surface area contributed by atoms with Crippen molar-refractivity contribution < 1.29 is 31.2 Å². The third kappa shape index (κ3) is 8.51. The number of carbonyl (C=O) groups is 2. The van der Waals surface area contributed by atoms with Crippen molar-refractivity contribution in [1.29, 1.82) is 0 Å². The summed E-state index contributed by atoms with van der Waals surface area (Å²) in [6.45, 7) is 5.92. The highest BCUT2D eigenvalue weighted by molar-refractivity contribution is 7.92. The van der Waals surface area contributed by atoms with Crippen molar-refractivity contribution in [3.05, 3.63) is 63.6 Å². The largest absolute Gasteiger partial charge is 0.416 e. The van der Waals surface area contributed by atoms with Gasteiger partial charge in [0.2, 0.25) is 21.8 Å². The van der Waals surface area contributed by atoms with Gasteiger partial charge in [-0.3, -0.25) is 13.9 Å². The van der Waals surface area contributed by atoms with E-state index in [4.69, 9.17) is 23.2 Å². The fraction of sp³-hybridized carbons (Fsp3) is 0.440. The smallest absolute Gasteiger partial charge is 0.350 e. The predicted molar refractivity (Wildman–Crippen MR) is 143 cm³/mol.